The Hall–Kier alpha value is -2.58. The standard InChI is InChI=1S/C18H15ClF3N3O2/c1-17(26,9-25-11-23-10-24-25)16-8-14(6-7-15(16)18(20,21)22)27-13-4-2-12(19)3-5-13/h2-8,10-11,26H,9H2,1H3. The smallest absolute Gasteiger partial charge is 0.416 e. The first-order chi connectivity index (χ1) is 12.6. The average Bonchev–Trinajstić information content (AvgIpc) is 3.08. The van der Waals surface area contributed by atoms with E-state index in [0.717, 1.165) is 6.07 Å². The molecule has 0 saturated heterocycles. The van der Waals surface area contributed by atoms with E-state index in [2.05, 4.69) is 10.1 Å². The summed E-state index contributed by atoms with van der Waals surface area (Å²) >= 11 is 5.81. The van der Waals surface area contributed by atoms with E-state index in [9.17, 15) is 18.3 Å². The van der Waals surface area contributed by atoms with Crippen molar-refractivity contribution >= 4 is 11.6 Å². The quantitative estimate of drug-likeness (QED) is 0.680. The van der Waals surface area contributed by atoms with Crippen LogP contribution in [0.5, 0.6) is 11.5 Å². The summed E-state index contributed by atoms with van der Waals surface area (Å²) in [7, 11) is 0. The predicted octanol–water partition coefficient (Wildman–Crippen LogP) is 4.65. The first-order valence-electron chi connectivity index (χ1n) is 7.85. The minimum Gasteiger partial charge on any atom is -0.457 e. The van der Waals surface area contributed by atoms with Gasteiger partial charge in [0.1, 0.15) is 29.8 Å². The molecule has 9 heteroatoms. The molecule has 27 heavy (non-hydrogen) atoms. The molecule has 1 unspecified atom stereocenters. The summed E-state index contributed by atoms with van der Waals surface area (Å²) in [6.07, 6.45) is -2.09. The zero-order chi connectivity index (χ0) is 19.7. The van der Waals surface area contributed by atoms with Crippen molar-refractivity contribution in [2.75, 3.05) is 0 Å². The Kier molecular flexibility index (Phi) is 5.12. The van der Waals surface area contributed by atoms with Crippen molar-refractivity contribution in [1.29, 1.82) is 0 Å². The third-order valence-electron chi connectivity index (χ3n) is 3.86. The number of aromatic nitrogens is 3. The lowest BCUT2D eigenvalue weighted by Gasteiger charge is -2.27. The lowest BCUT2D eigenvalue weighted by atomic mass is 9.90. The van der Waals surface area contributed by atoms with Gasteiger partial charge in [-0.15, -0.1) is 0 Å². The number of nitrogens with zero attached hydrogens (tertiary/aromatic N) is 3. The predicted molar refractivity (Wildman–Crippen MR) is 92.6 cm³/mol. The van der Waals surface area contributed by atoms with E-state index in [-0.39, 0.29) is 17.9 Å². The van der Waals surface area contributed by atoms with Crippen LogP contribution in [-0.2, 0) is 18.3 Å². The van der Waals surface area contributed by atoms with Gasteiger partial charge >= 0.3 is 6.18 Å². The maximum absolute atomic E-state index is 13.5. The molecule has 5 nitrogen and oxygen atoms in total. The van der Waals surface area contributed by atoms with E-state index >= 15 is 0 Å². The lowest BCUT2D eigenvalue weighted by molar-refractivity contribution is -0.140. The third-order valence-corrected chi connectivity index (χ3v) is 4.11. The number of aliphatic hydroxyl groups is 1. The van der Waals surface area contributed by atoms with Crippen LogP contribution in [0.25, 0.3) is 0 Å². The monoisotopic (exact) mass is 397 g/mol. The molecule has 0 bridgehead atoms. The molecule has 2 aromatic carbocycles. The molecular formula is C18H15ClF3N3O2. The maximum atomic E-state index is 13.5. The lowest BCUT2D eigenvalue weighted by Crippen LogP contribution is -2.31. The number of ether oxygens (including phenoxy) is 1. The number of rotatable bonds is 5. The van der Waals surface area contributed by atoms with Crippen LogP contribution in [0.2, 0.25) is 5.02 Å². The molecule has 0 aliphatic heterocycles. The van der Waals surface area contributed by atoms with E-state index < -0.39 is 17.3 Å². The molecule has 1 heterocycles. The minimum atomic E-state index is -4.64. The highest BCUT2D eigenvalue weighted by molar-refractivity contribution is 6.30. The van der Waals surface area contributed by atoms with Crippen LogP contribution >= 0.6 is 11.6 Å². The third kappa shape index (κ3) is 4.58. The van der Waals surface area contributed by atoms with E-state index in [1.807, 2.05) is 0 Å². The summed E-state index contributed by atoms with van der Waals surface area (Å²) in [6, 6.07) is 9.64. The van der Waals surface area contributed by atoms with Crippen LogP contribution < -0.4 is 4.74 Å². The van der Waals surface area contributed by atoms with Crippen molar-refractivity contribution in [1.82, 2.24) is 14.8 Å². The number of hydrogen-bond acceptors (Lipinski definition) is 4. The zero-order valence-corrected chi connectivity index (χ0v) is 14.9. The Morgan fingerprint density at radius 3 is 2.33 bits per heavy atom. The first kappa shape index (κ1) is 19.2. The van der Waals surface area contributed by atoms with Crippen molar-refractivity contribution in [2.24, 2.45) is 0 Å². The van der Waals surface area contributed by atoms with E-state index in [0.29, 0.717) is 10.8 Å². The average molecular weight is 398 g/mol. The maximum Gasteiger partial charge on any atom is 0.416 e. The second kappa shape index (κ2) is 7.21. The normalized spacial score (nSPS) is 14.0. The molecule has 0 spiro atoms. The van der Waals surface area contributed by atoms with Gasteiger partial charge in [0.25, 0.3) is 0 Å². The number of hydrogen-bond donors (Lipinski definition) is 1. The van der Waals surface area contributed by atoms with Gasteiger partial charge in [0, 0.05) is 10.6 Å². The van der Waals surface area contributed by atoms with Gasteiger partial charge in [0.2, 0.25) is 0 Å². The van der Waals surface area contributed by atoms with Gasteiger partial charge in [0.05, 0.1) is 12.1 Å². The van der Waals surface area contributed by atoms with Gasteiger partial charge in [-0.2, -0.15) is 18.3 Å². The second-order valence-electron chi connectivity index (χ2n) is 6.13. The fraction of sp³-hybridized carbons (Fsp3) is 0.222. The number of alkyl halides is 3. The Labute approximate surface area is 158 Å². The highest BCUT2D eigenvalue weighted by Gasteiger charge is 2.39. The Bertz CT molecular complexity index is 911. The molecule has 142 valence electrons. The topological polar surface area (TPSA) is 60.2 Å². The summed E-state index contributed by atoms with van der Waals surface area (Å²) in [5, 5.41) is 15.1. The highest BCUT2D eigenvalue weighted by atomic mass is 35.5. The van der Waals surface area contributed by atoms with E-state index in [1.54, 1.807) is 24.3 Å². The molecule has 0 amide bonds. The highest BCUT2D eigenvalue weighted by Crippen LogP contribution is 2.40. The molecule has 3 aromatic rings. The molecule has 0 saturated carbocycles. The van der Waals surface area contributed by atoms with Gasteiger partial charge in [-0.1, -0.05) is 11.6 Å². The minimum absolute atomic E-state index is 0.152. The SMILES string of the molecule is CC(O)(Cn1cncn1)c1cc(Oc2ccc(Cl)cc2)ccc1C(F)(F)F. The first-order valence-corrected chi connectivity index (χ1v) is 8.23. The Morgan fingerprint density at radius 1 is 1.07 bits per heavy atom. The van der Waals surface area contributed by atoms with Crippen LogP contribution in [0.15, 0.2) is 55.1 Å². The molecule has 0 fully saturated rings. The van der Waals surface area contributed by atoms with Crippen LogP contribution in [0.4, 0.5) is 13.2 Å². The molecule has 1 N–H and O–H groups in total. The molecule has 1 aromatic heterocycles. The summed E-state index contributed by atoms with van der Waals surface area (Å²) in [5.74, 6) is 0.556. The van der Waals surface area contributed by atoms with Gasteiger partial charge in [-0.25, -0.2) is 9.67 Å². The number of halogens is 4. The Morgan fingerprint density at radius 2 is 1.74 bits per heavy atom. The Balaban J connectivity index is 1.99. The van der Waals surface area contributed by atoms with Gasteiger partial charge in [-0.05, 0) is 49.4 Å². The summed E-state index contributed by atoms with van der Waals surface area (Å²) in [6.45, 7) is 1.08. The van der Waals surface area contributed by atoms with Crippen LogP contribution in [0.1, 0.15) is 18.1 Å². The number of benzene rings is 2. The largest absolute Gasteiger partial charge is 0.457 e. The molecular weight excluding hydrogens is 383 g/mol. The van der Waals surface area contributed by atoms with Crippen molar-refractivity contribution in [3.8, 4) is 11.5 Å². The molecule has 0 aliphatic rings. The van der Waals surface area contributed by atoms with Crippen molar-refractivity contribution in [2.45, 2.75) is 25.2 Å². The van der Waals surface area contributed by atoms with Crippen molar-refractivity contribution < 1.29 is 23.0 Å². The van der Waals surface area contributed by atoms with E-state index in [1.165, 1.54) is 36.4 Å². The molecule has 1 atom stereocenters. The van der Waals surface area contributed by atoms with Crippen molar-refractivity contribution in [3.05, 3.63) is 71.3 Å². The fourth-order valence-corrected chi connectivity index (χ4v) is 2.76. The van der Waals surface area contributed by atoms with Gasteiger partial charge < -0.3 is 9.84 Å². The van der Waals surface area contributed by atoms with Crippen LogP contribution in [0, 0.1) is 0 Å². The summed E-state index contributed by atoms with van der Waals surface area (Å²) in [4.78, 5) is 3.73. The van der Waals surface area contributed by atoms with Crippen LogP contribution in [0.3, 0.4) is 0 Å². The zero-order valence-electron chi connectivity index (χ0n) is 14.1. The summed E-state index contributed by atoms with van der Waals surface area (Å²) < 4.78 is 47.2. The van der Waals surface area contributed by atoms with Gasteiger partial charge in [0.15, 0.2) is 0 Å². The van der Waals surface area contributed by atoms with Gasteiger partial charge in [-0.3, -0.25) is 0 Å². The summed E-state index contributed by atoms with van der Waals surface area (Å²) in [5.41, 5.74) is -3.13. The van der Waals surface area contributed by atoms with Crippen LogP contribution in [-0.4, -0.2) is 19.9 Å². The van der Waals surface area contributed by atoms with Crippen molar-refractivity contribution in [3.63, 3.8) is 0 Å². The molecule has 3 rings (SSSR count). The van der Waals surface area contributed by atoms with E-state index in [4.69, 9.17) is 16.3 Å². The second-order valence-corrected chi connectivity index (χ2v) is 6.56. The molecule has 0 aliphatic carbocycles. The fourth-order valence-electron chi connectivity index (χ4n) is 2.63. The molecule has 0 radical (unpaired) electrons.